The quantitative estimate of drug-likeness (QED) is 0.168. The molecule has 0 aromatic heterocycles. The van der Waals surface area contributed by atoms with Crippen molar-refractivity contribution in [3.05, 3.63) is 0 Å². The van der Waals surface area contributed by atoms with E-state index in [9.17, 15) is 0 Å². The third-order valence-corrected chi connectivity index (χ3v) is 12.9. The van der Waals surface area contributed by atoms with Crippen LogP contribution in [0.4, 0.5) is 0 Å². The lowest BCUT2D eigenvalue weighted by Gasteiger charge is -2.45. The maximum atomic E-state index is 2.36. The molecular formula is C24H50P2. The molecule has 1 aliphatic rings. The van der Waals surface area contributed by atoms with Gasteiger partial charge in [0.15, 0.2) is 0 Å². The summed E-state index contributed by atoms with van der Waals surface area (Å²) in [7, 11) is 1.59. The van der Waals surface area contributed by atoms with E-state index >= 15 is 0 Å². The summed E-state index contributed by atoms with van der Waals surface area (Å²) in [5.41, 5.74) is 0. The second-order valence-corrected chi connectivity index (χ2v) is 13.7. The minimum Gasteiger partial charge on any atom is -0.111 e. The molecule has 0 amide bonds. The highest BCUT2D eigenvalue weighted by Crippen LogP contribution is 2.65. The summed E-state index contributed by atoms with van der Waals surface area (Å²) in [5.74, 6) is 0. The molecule has 1 saturated carbocycles. The predicted molar refractivity (Wildman–Crippen MR) is 128 cm³/mol. The first-order valence-electron chi connectivity index (χ1n) is 12.3. The Morgan fingerprint density at radius 1 is 0.615 bits per heavy atom. The van der Waals surface area contributed by atoms with Crippen molar-refractivity contribution < 1.29 is 0 Å². The molecule has 156 valence electrons. The number of rotatable bonds is 17. The molecule has 0 radical (unpaired) electrons. The fraction of sp³-hybridized carbons (Fsp3) is 1.00. The van der Waals surface area contributed by atoms with Gasteiger partial charge in [-0.1, -0.05) is 106 Å². The van der Waals surface area contributed by atoms with E-state index in [0.29, 0.717) is 7.92 Å². The molecule has 0 heterocycles. The van der Waals surface area contributed by atoms with Crippen molar-refractivity contribution >= 4 is 16.5 Å². The second kappa shape index (κ2) is 16.8. The minimum absolute atomic E-state index is 0.292. The smallest absolute Gasteiger partial charge is 0.00778 e. The van der Waals surface area contributed by atoms with E-state index < -0.39 is 0 Å². The topological polar surface area (TPSA) is 0 Å². The number of hydrogen-bond donors (Lipinski definition) is 0. The van der Waals surface area contributed by atoms with Crippen LogP contribution in [0.1, 0.15) is 130 Å². The van der Waals surface area contributed by atoms with E-state index in [0.717, 1.165) is 4.90 Å². The molecule has 2 heteroatoms. The van der Waals surface area contributed by atoms with Gasteiger partial charge >= 0.3 is 0 Å². The van der Waals surface area contributed by atoms with E-state index in [2.05, 4.69) is 20.8 Å². The average molecular weight is 401 g/mol. The molecule has 0 N–H and O–H groups in total. The molecule has 1 aliphatic carbocycles. The predicted octanol–water partition coefficient (Wildman–Crippen LogP) is 9.55. The minimum atomic E-state index is 0.292. The molecule has 0 saturated heterocycles. The maximum absolute atomic E-state index is 2.36. The van der Waals surface area contributed by atoms with Gasteiger partial charge in [0.1, 0.15) is 0 Å². The van der Waals surface area contributed by atoms with Crippen LogP contribution in [-0.4, -0.2) is 23.4 Å². The van der Waals surface area contributed by atoms with Crippen LogP contribution in [0.5, 0.6) is 0 Å². The van der Waals surface area contributed by atoms with Crippen molar-refractivity contribution in [1.82, 2.24) is 0 Å². The van der Waals surface area contributed by atoms with Crippen LogP contribution in [0.25, 0.3) is 0 Å². The monoisotopic (exact) mass is 400 g/mol. The van der Waals surface area contributed by atoms with Gasteiger partial charge in [-0.25, -0.2) is 0 Å². The molecule has 0 spiro atoms. The molecular weight excluding hydrogens is 350 g/mol. The van der Waals surface area contributed by atoms with Gasteiger partial charge in [-0.2, -0.15) is 0 Å². The Hall–Kier alpha value is 0.860. The van der Waals surface area contributed by atoms with Crippen molar-refractivity contribution in [2.75, 3.05) is 18.5 Å². The van der Waals surface area contributed by atoms with Gasteiger partial charge in [-0.3, -0.25) is 0 Å². The Balaban J connectivity index is 2.61. The van der Waals surface area contributed by atoms with Gasteiger partial charge in [0, 0.05) is 4.90 Å². The molecule has 0 bridgehead atoms. The largest absolute Gasteiger partial charge is 0.111 e. The molecule has 1 atom stereocenters. The van der Waals surface area contributed by atoms with Crippen LogP contribution in [0, 0.1) is 0 Å². The SMILES string of the molecule is CCCCCCPC1(P(CCCCCC)CCCCCC)CCCCC1. The van der Waals surface area contributed by atoms with E-state index in [1.54, 1.807) is 44.2 Å². The van der Waals surface area contributed by atoms with Crippen molar-refractivity contribution in [3.8, 4) is 0 Å². The highest BCUT2D eigenvalue weighted by atomic mass is 31.2. The first-order valence-corrected chi connectivity index (χ1v) is 15.2. The van der Waals surface area contributed by atoms with Crippen LogP contribution in [0.2, 0.25) is 0 Å². The fourth-order valence-electron chi connectivity index (χ4n) is 4.61. The van der Waals surface area contributed by atoms with Gasteiger partial charge < -0.3 is 0 Å². The maximum Gasteiger partial charge on any atom is 0.00778 e. The molecule has 26 heavy (non-hydrogen) atoms. The lowest BCUT2D eigenvalue weighted by Crippen LogP contribution is -2.27. The summed E-state index contributed by atoms with van der Waals surface area (Å²) >= 11 is 0. The first-order chi connectivity index (χ1) is 12.8. The third-order valence-electron chi connectivity index (χ3n) is 6.33. The number of unbranched alkanes of at least 4 members (excludes halogenated alkanes) is 9. The van der Waals surface area contributed by atoms with Crippen molar-refractivity contribution in [2.24, 2.45) is 0 Å². The van der Waals surface area contributed by atoms with Crippen LogP contribution < -0.4 is 0 Å². The molecule has 1 unspecified atom stereocenters. The van der Waals surface area contributed by atoms with Crippen molar-refractivity contribution in [1.29, 1.82) is 0 Å². The zero-order valence-electron chi connectivity index (χ0n) is 18.6. The molecule has 1 fully saturated rings. The summed E-state index contributed by atoms with van der Waals surface area (Å²) in [6, 6.07) is 0. The van der Waals surface area contributed by atoms with Crippen LogP contribution in [-0.2, 0) is 0 Å². The lowest BCUT2D eigenvalue weighted by atomic mass is 9.99. The van der Waals surface area contributed by atoms with Gasteiger partial charge in [0.2, 0.25) is 0 Å². The van der Waals surface area contributed by atoms with Crippen molar-refractivity contribution in [2.45, 2.75) is 135 Å². The zero-order chi connectivity index (χ0) is 18.9. The van der Waals surface area contributed by atoms with Gasteiger partial charge in [-0.15, -0.1) is 8.58 Å². The number of hydrogen-bond acceptors (Lipinski definition) is 0. The first kappa shape index (κ1) is 24.9. The highest BCUT2D eigenvalue weighted by Gasteiger charge is 2.38. The Kier molecular flexibility index (Phi) is 16.1. The average Bonchev–Trinajstić information content (AvgIpc) is 2.67. The second-order valence-electron chi connectivity index (χ2n) is 8.69. The van der Waals surface area contributed by atoms with Gasteiger partial charge in [0.25, 0.3) is 0 Å². The summed E-state index contributed by atoms with van der Waals surface area (Å²) in [4.78, 5) is 0.832. The van der Waals surface area contributed by atoms with E-state index in [-0.39, 0.29) is 0 Å². The molecule has 0 aromatic rings. The zero-order valence-corrected chi connectivity index (χ0v) is 20.5. The Labute approximate surface area is 170 Å². The van der Waals surface area contributed by atoms with E-state index in [1.807, 2.05) is 0 Å². The fourth-order valence-corrected chi connectivity index (χ4v) is 11.4. The Morgan fingerprint density at radius 2 is 1.12 bits per heavy atom. The summed E-state index contributed by atoms with van der Waals surface area (Å²) < 4.78 is 0. The van der Waals surface area contributed by atoms with E-state index in [1.165, 1.54) is 92.1 Å². The van der Waals surface area contributed by atoms with Crippen LogP contribution in [0.15, 0.2) is 0 Å². The normalized spacial score (nSPS) is 17.5. The molecule has 1 rings (SSSR count). The van der Waals surface area contributed by atoms with Gasteiger partial charge in [0.05, 0.1) is 0 Å². The Bertz CT molecular complexity index is 285. The molecule has 0 aromatic carbocycles. The third kappa shape index (κ3) is 10.4. The molecule has 0 nitrogen and oxygen atoms in total. The van der Waals surface area contributed by atoms with Crippen LogP contribution in [0.3, 0.4) is 0 Å². The summed E-state index contributed by atoms with van der Waals surface area (Å²) in [5, 5.41) is 0. The van der Waals surface area contributed by atoms with E-state index in [4.69, 9.17) is 0 Å². The Morgan fingerprint density at radius 3 is 1.62 bits per heavy atom. The highest BCUT2D eigenvalue weighted by molar-refractivity contribution is 7.70. The standard InChI is InChI=1S/C24H50P2/c1-4-7-10-16-21-25-24(19-14-13-15-20-24)26(22-17-11-8-5-2)23-18-12-9-6-3/h25H,4-23H2,1-3H3. The van der Waals surface area contributed by atoms with Crippen molar-refractivity contribution in [3.63, 3.8) is 0 Å². The van der Waals surface area contributed by atoms with Crippen LogP contribution >= 0.6 is 16.5 Å². The molecule has 0 aliphatic heterocycles. The lowest BCUT2D eigenvalue weighted by molar-refractivity contribution is 0.479. The summed E-state index contributed by atoms with van der Waals surface area (Å²) in [6.07, 6.45) is 30.2. The van der Waals surface area contributed by atoms with Gasteiger partial charge in [-0.05, 0) is 50.6 Å². The summed E-state index contributed by atoms with van der Waals surface area (Å²) in [6.45, 7) is 7.05.